The van der Waals surface area contributed by atoms with E-state index in [2.05, 4.69) is 17.1 Å². The molecule has 0 unspecified atom stereocenters. The van der Waals surface area contributed by atoms with Gasteiger partial charge in [-0.1, -0.05) is 12.1 Å². The van der Waals surface area contributed by atoms with E-state index < -0.39 is 0 Å². The molecule has 4 aromatic carbocycles. The van der Waals surface area contributed by atoms with Crippen molar-refractivity contribution in [3.05, 3.63) is 100 Å². The van der Waals surface area contributed by atoms with Gasteiger partial charge in [0.2, 0.25) is 0 Å². The first kappa shape index (κ1) is 20.5. The summed E-state index contributed by atoms with van der Waals surface area (Å²) in [5.74, 6) is 0.0593. The van der Waals surface area contributed by atoms with Gasteiger partial charge in [0, 0.05) is 0 Å². The first-order valence-corrected chi connectivity index (χ1v) is 12.7. The van der Waals surface area contributed by atoms with Gasteiger partial charge in [0.25, 0.3) is 0 Å². The van der Waals surface area contributed by atoms with Gasteiger partial charge < -0.3 is 4.74 Å². The Morgan fingerprint density at radius 1 is 0.600 bits per heavy atom. The molecule has 0 N–H and O–H groups in total. The van der Waals surface area contributed by atoms with Crippen LogP contribution in [0, 0.1) is 15.2 Å². The van der Waals surface area contributed by atoms with Gasteiger partial charge in [-0.3, -0.25) is 0 Å². The zero-order valence-corrected chi connectivity index (χ0v) is 18.8. The SMILES string of the molecule is COc1ccc(-c2ccc(-c3ccc(-c4ccc([I-]C)cc4)c(F)c3)cc2F)cc1. The average Bonchev–Trinajstić information content (AvgIpc) is 2.79. The van der Waals surface area contributed by atoms with E-state index in [1.807, 2.05) is 36.4 Å². The van der Waals surface area contributed by atoms with Crippen LogP contribution in [0.3, 0.4) is 0 Å². The number of hydrogen-bond acceptors (Lipinski definition) is 1. The Morgan fingerprint density at radius 2 is 1.03 bits per heavy atom. The molecule has 0 spiro atoms. The molecule has 4 heteroatoms. The number of methoxy groups -OCH3 is 1. The van der Waals surface area contributed by atoms with Crippen molar-refractivity contribution in [3.8, 4) is 39.1 Å². The smallest absolute Gasteiger partial charge is 0.0506 e. The minimum Gasteiger partial charge on any atom is -0.0506 e. The monoisotopic (exact) mass is 513 g/mol. The van der Waals surface area contributed by atoms with E-state index in [0.29, 0.717) is 22.3 Å². The first-order valence-electron chi connectivity index (χ1n) is 9.43. The molecule has 0 saturated heterocycles. The third kappa shape index (κ3) is 4.24. The van der Waals surface area contributed by atoms with E-state index in [1.54, 1.807) is 31.4 Å². The molecule has 0 aliphatic rings. The number of benzene rings is 4. The van der Waals surface area contributed by atoms with Crippen molar-refractivity contribution in [1.29, 1.82) is 0 Å². The fourth-order valence-electron chi connectivity index (χ4n) is 3.38. The van der Waals surface area contributed by atoms with E-state index in [1.165, 1.54) is 15.7 Å². The van der Waals surface area contributed by atoms with Crippen molar-refractivity contribution in [2.24, 2.45) is 0 Å². The van der Waals surface area contributed by atoms with Gasteiger partial charge in [-0.15, -0.1) is 0 Å². The molecule has 0 radical (unpaired) electrons. The topological polar surface area (TPSA) is 9.23 Å². The second-order valence-electron chi connectivity index (χ2n) is 6.81. The Kier molecular flexibility index (Phi) is 6.13. The summed E-state index contributed by atoms with van der Waals surface area (Å²) in [6, 6.07) is 25.3. The Hall–Kier alpha value is -2.73. The van der Waals surface area contributed by atoms with Gasteiger partial charge in [0.15, 0.2) is 0 Å². The quantitative estimate of drug-likeness (QED) is 0.291. The van der Waals surface area contributed by atoms with E-state index >= 15 is 0 Å². The van der Waals surface area contributed by atoms with Gasteiger partial charge in [0.05, 0.1) is 7.11 Å². The molecule has 0 atom stereocenters. The number of hydrogen-bond donors (Lipinski definition) is 0. The summed E-state index contributed by atoms with van der Waals surface area (Å²) >= 11 is 0.0209. The Balaban J connectivity index is 1.63. The summed E-state index contributed by atoms with van der Waals surface area (Å²) < 4.78 is 36.1. The molecular weight excluding hydrogens is 493 g/mol. The number of halogens is 3. The molecule has 0 bridgehead atoms. The Bertz CT molecular complexity index is 1070. The van der Waals surface area contributed by atoms with E-state index in [9.17, 15) is 8.78 Å². The zero-order valence-electron chi connectivity index (χ0n) is 16.6. The van der Waals surface area contributed by atoms with Gasteiger partial charge in [0.1, 0.15) is 5.75 Å². The van der Waals surface area contributed by atoms with Crippen molar-refractivity contribution in [1.82, 2.24) is 0 Å². The third-order valence-corrected chi connectivity index (χ3v) is 7.01. The molecule has 0 aliphatic carbocycles. The maximum atomic E-state index is 14.8. The molecule has 152 valence electrons. The first-order chi connectivity index (χ1) is 14.6. The predicted octanol–water partition coefficient (Wildman–Crippen LogP) is 3.86. The molecule has 0 saturated carbocycles. The summed E-state index contributed by atoms with van der Waals surface area (Å²) in [4.78, 5) is 2.20. The van der Waals surface area contributed by atoms with Crippen LogP contribution < -0.4 is 25.9 Å². The molecule has 0 fully saturated rings. The molecule has 0 aliphatic heterocycles. The van der Waals surface area contributed by atoms with Crippen molar-refractivity contribution in [2.75, 3.05) is 12.0 Å². The van der Waals surface area contributed by atoms with Crippen LogP contribution in [-0.2, 0) is 0 Å². The van der Waals surface area contributed by atoms with Crippen LogP contribution in [0.5, 0.6) is 5.75 Å². The average molecular weight is 513 g/mol. The normalized spacial score (nSPS) is 10.9. The standard InChI is InChI=1S/C26H20F2IO/c1-29-21-9-3-17(4-10-21)23-13-7-19(15-25(23)27)20-8-14-24(26(28)16-20)18-5-11-22(30-2)12-6-18/h3-16H,1-2H3/q-1. The maximum absolute atomic E-state index is 14.8. The minimum atomic E-state index is -0.347. The number of alkyl halides is 1. The predicted molar refractivity (Wildman–Crippen MR) is 114 cm³/mol. The van der Waals surface area contributed by atoms with Crippen LogP contribution in [0.1, 0.15) is 0 Å². The van der Waals surface area contributed by atoms with E-state index in [-0.39, 0.29) is 32.8 Å². The summed E-state index contributed by atoms with van der Waals surface area (Å²) in [6.45, 7) is 0. The van der Waals surface area contributed by atoms with Gasteiger partial charge in [-0.2, -0.15) is 0 Å². The van der Waals surface area contributed by atoms with Crippen LogP contribution in [0.2, 0.25) is 0 Å². The minimum absolute atomic E-state index is 0.0209. The number of rotatable bonds is 5. The molecule has 0 amide bonds. The Labute approximate surface area is 185 Å². The summed E-state index contributed by atoms with van der Waals surface area (Å²) in [6.07, 6.45) is 0. The third-order valence-electron chi connectivity index (χ3n) is 5.05. The van der Waals surface area contributed by atoms with Gasteiger partial charge in [-0.05, 0) is 17.7 Å². The second kappa shape index (κ2) is 8.96. The van der Waals surface area contributed by atoms with Crippen LogP contribution in [0.4, 0.5) is 8.78 Å². The fourth-order valence-corrected chi connectivity index (χ4v) is 4.46. The fraction of sp³-hybridized carbons (Fsp3) is 0.0769. The molecular formula is C26H20F2IO-. The summed E-state index contributed by atoms with van der Waals surface area (Å²) in [7, 11) is 1.59. The van der Waals surface area contributed by atoms with Crippen LogP contribution in [-0.4, -0.2) is 12.0 Å². The molecule has 0 aromatic heterocycles. The van der Waals surface area contributed by atoms with Crippen molar-refractivity contribution in [3.63, 3.8) is 0 Å². The Morgan fingerprint density at radius 3 is 1.43 bits per heavy atom. The number of ether oxygens (including phenoxy) is 1. The van der Waals surface area contributed by atoms with Gasteiger partial charge >= 0.3 is 139 Å². The van der Waals surface area contributed by atoms with Crippen molar-refractivity contribution < 1.29 is 34.7 Å². The summed E-state index contributed by atoms with van der Waals surface area (Å²) in [5.41, 5.74) is 3.95. The van der Waals surface area contributed by atoms with Crippen molar-refractivity contribution >= 4 is 0 Å². The van der Waals surface area contributed by atoms with Crippen molar-refractivity contribution in [2.45, 2.75) is 0 Å². The van der Waals surface area contributed by atoms with E-state index in [4.69, 9.17) is 4.74 Å². The van der Waals surface area contributed by atoms with Crippen LogP contribution in [0.15, 0.2) is 84.9 Å². The molecule has 4 aromatic rings. The second-order valence-corrected chi connectivity index (χ2v) is 9.14. The van der Waals surface area contributed by atoms with E-state index in [0.717, 1.165) is 16.9 Å². The van der Waals surface area contributed by atoms with Gasteiger partial charge in [-0.25, -0.2) is 0 Å². The molecule has 4 rings (SSSR count). The molecule has 30 heavy (non-hydrogen) atoms. The summed E-state index contributed by atoms with van der Waals surface area (Å²) in [5, 5.41) is 0. The van der Waals surface area contributed by atoms with Crippen LogP contribution >= 0.6 is 0 Å². The molecule has 0 heterocycles. The molecule has 1 nitrogen and oxygen atoms in total. The zero-order chi connectivity index (χ0) is 21.1. The van der Waals surface area contributed by atoms with Crippen LogP contribution in [0.25, 0.3) is 33.4 Å².